The van der Waals surface area contributed by atoms with Gasteiger partial charge in [-0.05, 0) is 24.7 Å². The van der Waals surface area contributed by atoms with Crippen molar-refractivity contribution in [2.24, 2.45) is 22.7 Å². The maximum absolute atomic E-state index is 14.9. The highest BCUT2D eigenvalue weighted by Crippen LogP contribution is 2.39. The van der Waals surface area contributed by atoms with Gasteiger partial charge in [-0.3, -0.25) is 0 Å². The van der Waals surface area contributed by atoms with Crippen molar-refractivity contribution >= 4 is 0 Å². The monoisotopic (exact) mass is 336 g/mol. The van der Waals surface area contributed by atoms with Crippen molar-refractivity contribution < 1.29 is 24.1 Å². The average Bonchev–Trinajstić information content (AvgIpc) is 2.40. The van der Waals surface area contributed by atoms with E-state index in [1.54, 1.807) is 6.92 Å². The average molecular weight is 336 g/mol. The fourth-order valence-electron chi connectivity index (χ4n) is 2.13. The van der Waals surface area contributed by atoms with Crippen LogP contribution in [-0.4, -0.2) is 41.7 Å². The molecule has 23 heavy (non-hydrogen) atoms. The summed E-state index contributed by atoms with van der Waals surface area (Å²) in [5, 5.41) is 19.3. The van der Waals surface area contributed by atoms with Gasteiger partial charge in [0.15, 0.2) is 6.29 Å². The lowest BCUT2D eigenvalue weighted by Gasteiger charge is -2.41. The smallest absolute Gasteiger partial charge is 0.209 e. The van der Waals surface area contributed by atoms with Crippen molar-refractivity contribution in [1.82, 2.24) is 0 Å². The fourth-order valence-corrected chi connectivity index (χ4v) is 2.13. The maximum Gasteiger partial charge on any atom is 0.209 e. The SMILES string of the molecule is CC([C@H](O)OC[C@H](C)O)C(C)(C)CO[C@@](C)(F)[C@H](C)C(C)(C)C. The quantitative estimate of drug-likeness (QED) is 0.630. The number of ether oxygens (including phenoxy) is 2. The zero-order valence-electron chi connectivity index (χ0n) is 16.3. The van der Waals surface area contributed by atoms with Crippen molar-refractivity contribution in [2.45, 2.75) is 80.6 Å². The second-order valence-corrected chi connectivity index (χ2v) is 8.71. The molecule has 1 unspecified atom stereocenters. The molecule has 0 spiro atoms. The second-order valence-electron chi connectivity index (χ2n) is 8.71. The molecule has 0 aromatic heterocycles. The predicted molar refractivity (Wildman–Crippen MR) is 90.7 cm³/mol. The minimum absolute atomic E-state index is 0.0598. The molecule has 0 aliphatic heterocycles. The van der Waals surface area contributed by atoms with Crippen LogP contribution in [0.25, 0.3) is 0 Å². The van der Waals surface area contributed by atoms with Crippen LogP contribution in [0.1, 0.15) is 62.3 Å². The molecule has 5 heteroatoms. The third-order valence-electron chi connectivity index (χ3n) is 4.97. The molecule has 0 heterocycles. The van der Waals surface area contributed by atoms with Crippen molar-refractivity contribution in [2.75, 3.05) is 13.2 Å². The lowest BCUT2D eigenvalue weighted by molar-refractivity contribution is -0.222. The summed E-state index contributed by atoms with van der Waals surface area (Å²) < 4.78 is 25.7. The number of halogens is 1. The second kappa shape index (κ2) is 8.24. The Bertz CT molecular complexity index is 347. The van der Waals surface area contributed by atoms with Crippen LogP contribution in [0, 0.1) is 22.7 Å². The number of aliphatic hydroxyl groups excluding tert-OH is 2. The largest absolute Gasteiger partial charge is 0.391 e. The predicted octanol–water partition coefficient (Wildman–Crippen LogP) is 3.75. The first-order valence-electron chi connectivity index (χ1n) is 8.42. The lowest BCUT2D eigenvalue weighted by Crippen LogP contribution is -2.44. The summed E-state index contributed by atoms with van der Waals surface area (Å²) in [5.74, 6) is -2.31. The molecule has 140 valence electrons. The number of hydrogen-bond donors (Lipinski definition) is 2. The van der Waals surface area contributed by atoms with Gasteiger partial charge in [0.05, 0.1) is 19.3 Å². The Kier molecular flexibility index (Phi) is 8.15. The Labute approximate surface area is 141 Å². The van der Waals surface area contributed by atoms with Crippen LogP contribution in [0.2, 0.25) is 0 Å². The van der Waals surface area contributed by atoms with Gasteiger partial charge in [0.2, 0.25) is 5.85 Å². The zero-order chi connectivity index (χ0) is 18.6. The molecule has 0 saturated carbocycles. The minimum atomic E-state index is -1.75. The maximum atomic E-state index is 14.9. The van der Waals surface area contributed by atoms with Gasteiger partial charge < -0.3 is 19.7 Å². The highest BCUT2D eigenvalue weighted by Gasteiger charge is 2.42. The standard InChI is InChI=1S/C18H37FO4/c1-12(20)10-22-15(21)13(2)17(7,8)11-23-18(9,19)14(3)16(4,5)6/h12-15,20-21H,10-11H2,1-9H3/t12-,13?,14+,15+,18+/m0/s1. The molecule has 0 radical (unpaired) electrons. The van der Waals surface area contributed by atoms with Gasteiger partial charge in [0.1, 0.15) is 0 Å². The van der Waals surface area contributed by atoms with Gasteiger partial charge >= 0.3 is 0 Å². The first kappa shape index (κ1) is 22.8. The minimum Gasteiger partial charge on any atom is -0.391 e. The summed E-state index contributed by atoms with van der Waals surface area (Å²) in [7, 11) is 0. The normalized spacial score (nSPS) is 21.4. The van der Waals surface area contributed by atoms with Crippen molar-refractivity contribution in [3.63, 3.8) is 0 Å². The van der Waals surface area contributed by atoms with Crippen LogP contribution >= 0.6 is 0 Å². The van der Waals surface area contributed by atoms with Gasteiger partial charge in [-0.15, -0.1) is 0 Å². The first-order chi connectivity index (χ1) is 10.1. The summed E-state index contributed by atoms with van der Waals surface area (Å²) in [4.78, 5) is 0. The molecule has 0 aromatic rings. The van der Waals surface area contributed by atoms with Gasteiger partial charge in [-0.2, -0.15) is 0 Å². The molecule has 0 aliphatic carbocycles. The molecule has 5 atom stereocenters. The third-order valence-corrected chi connectivity index (χ3v) is 4.97. The summed E-state index contributed by atoms with van der Waals surface area (Å²) in [6.07, 6.45) is -1.67. The van der Waals surface area contributed by atoms with E-state index < -0.39 is 23.7 Å². The Morgan fingerprint density at radius 3 is 1.83 bits per heavy atom. The number of hydrogen-bond acceptors (Lipinski definition) is 4. The van der Waals surface area contributed by atoms with Gasteiger partial charge in [-0.25, -0.2) is 4.39 Å². The van der Waals surface area contributed by atoms with Crippen molar-refractivity contribution in [3.8, 4) is 0 Å². The Morgan fingerprint density at radius 2 is 1.43 bits per heavy atom. The highest BCUT2D eigenvalue weighted by molar-refractivity contribution is 4.83. The Hall–Kier alpha value is -0.230. The van der Waals surface area contributed by atoms with Gasteiger partial charge in [0.25, 0.3) is 0 Å². The molecule has 0 aromatic carbocycles. The van der Waals surface area contributed by atoms with E-state index in [1.165, 1.54) is 6.92 Å². The Morgan fingerprint density at radius 1 is 0.957 bits per heavy atom. The van der Waals surface area contributed by atoms with E-state index in [9.17, 15) is 14.6 Å². The zero-order valence-corrected chi connectivity index (χ0v) is 16.3. The van der Waals surface area contributed by atoms with Crippen molar-refractivity contribution in [1.29, 1.82) is 0 Å². The summed E-state index contributed by atoms with van der Waals surface area (Å²) in [6.45, 7) is 16.7. The van der Waals surface area contributed by atoms with Crippen molar-refractivity contribution in [3.05, 3.63) is 0 Å². The first-order valence-corrected chi connectivity index (χ1v) is 8.42. The molecule has 0 bridgehead atoms. The molecule has 0 fully saturated rings. The molecular weight excluding hydrogens is 299 g/mol. The van der Waals surface area contributed by atoms with Gasteiger partial charge in [-0.1, -0.05) is 48.5 Å². The molecule has 0 aliphatic rings. The number of alkyl halides is 1. The van der Waals surface area contributed by atoms with E-state index in [-0.39, 0.29) is 30.5 Å². The Balaban J connectivity index is 4.73. The van der Waals surface area contributed by atoms with Crippen LogP contribution < -0.4 is 0 Å². The molecule has 0 saturated heterocycles. The molecule has 0 amide bonds. The molecule has 2 N–H and O–H groups in total. The van der Waals surface area contributed by atoms with E-state index in [0.717, 1.165) is 0 Å². The van der Waals surface area contributed by atoms with Crippen LogP contribution in [0.5, 0.6) is 0 Å². The van der Waals surface area contributed by atoms with E-state index >= 15 is 0 Å². The fraction of sp³-hybridized carbons (Fsp3) is 1.00. The van der Waals surface area contributed by atoms with Crippen LogP contribution in [0.4, 0.5) is 4.39 Å². The van der Waals surface area contributed by atoms with Gasteiger partial charge in [0, 0.05) is 11.8 Å². The van der Waals surface area contributed by atoms with E-state index in [1.807, 2.05) is 48.5 Å². The molecular formula is C18H37FO4. The van der Waals surface area contributed by atoms with E-state index in [0.29, 0.717) is 0 Å². The lowest BCUT2D eigenvalue weighted by atomic mass is 9.77. The molecule has 4 nitrogen and oxygen atoms in total. The van der Waals surface area contributed by atoms with E-state index in [2.05, 4.69) is 0 Å². The highest BCUT2D eigenvalue weighted by atomic mass is 19.2. The number of aliphatic hydroxyl groups is 2. The third kappa shape index (κ3) is 7.46. The molecule has 0 rings (SSSR count). The summed E-state index contributed by atoms with van der Waals surface area (Å²) in [5.41, 5.74) is -0.692. The summed E-state index contributed by atoms with van der Waals surface area (Å²) >= 11 is 0. The van der Waals surface area contributed by atoms with Crippen LogP contribution in [0.3, 0.4) is 0 Å². The van der Waals surface area contributed by atoms with E-state index in [4.69, 9.17) is 9.47 Å². The van der Waals surface area contributed by atoms with Crippen LogP contribution in [0.15, 0.2) is 0 Å². The summed E-state index contributed by atoms with van der Waals surface area (Å²) in [6, 6.07) is 0. The topological polar surface area (TPSA) is 58.9 Å². The number of rotatable bonds is 9. The van der Waals surface area contributed by atoms with Crippen LogP contribution in [-0.2, 0) is 9.47 Å².